The van der Waals surface area contributed by atoms with Gasteiger partial charge in [0.25, 0.3) is 0 Å². The van der Waals surface area contributed by atoms with Crippen molar-refractivity contribution in [3.8, 4) is 0 Å². The van der Waals surface area contributed by atoms with Crippen molar-refractivity contribution in [2.75, 3.05) is 19.7 Å². The molecule has 0 spiro atoms. The maximum atomic E-state index is 5.86. The van der Waals surface area contributed by atoms with E-state index in [0.29, 0.717) is 6.61 Å². The van der Waals surface area contributed by atoms with Gasteiger partial charge in [-0.3, -0.25) is 14.4 Å². The minimum Gasteiger partial charge on any atom is -0.367 e. The number of aryl methyl sites for hydroxylation is 3. The average molecular weight is 341 g/mol. The summed E-state index contributed by atoms with van der Waals surface area (Å²) in [5, 5.41) is 7.25. The lowest BCUT2D eigenvalue weighted by atomic mass is 10.2. The normalized spacial score (nSPS) is 18.9. The Morgan fingerprint density at radius 1 is 1.28 bits per heavy atom. The lowest BCUT2D eigenvalue weighted by Crippen LogP contribution is -2.38. The van der Waals surface area contributed by atoms with Crippen LogP contribution < -0.4 is 0 Å². The molecule has 1 N–H and O–H groups in total. The van der Waals surface area contributed by atoms with Crippen LogP contribution >= 0.6 is 0 Å². The van der Waals surface area contributed by atoms with Gasteiger partial charge in [0.05, 0.1) is 12.3 Å². The number of hydrogen-bond donors (Lipinski definition) is 1. The minimum atomic E-state index is -0.0931. The first-order valence-electron chi connectivity index (χ1n) is 8.69. The molecule has 1 fully saturated rings. The quantitative estimate of drug-likeness (QED) is 0.776. The first-order valence-corrected chi connectivity index (χ1v) is 8.69. The molecule has 0 saturated carbocycles. The van der Waals surface area contributed by atoms with Crippen molar-refractivity contribution in [1.29, 1.82) is 0 Å². The van der Waals surface area contributed by atoms with Gasteiger partial charge in [0.15, 0.2) is 5.82 Å². The van der Waals surface area contributed by atoms with Gasteiger partial charge in [-0.1, -0.05) is 6.92 Å². The number of nitrogens with one attached hydrogen (secondary N) is 1. The predicted molar refractivity (Wildman–Crippen MR) is 92.2 cm³/mol. The number of aromatic amines is 1. The first kappa shape index (κ1) is 16.2. The van der Waals surface area contributed by atoms with Crippen LogP contribution in [0.4, 0.5) is 0 Å². The molecule has 1 saturated heterocycles. The molecule has 3 aromatic rings. The number of fused-ring (bicyclic) bond motifs is 1. The van der Waals surface area contributed by atoms with Crippen molar-refractivity contribution in [2.45, 2.75) is 39.8 Å². The Hall–Kier alpha value is -2.32. The molecule has 132 valence electrons. The van der Waals surface area contributed by atoms with Crippen molar-refractivity contribution in [3.05, 3.63) is 41.0 Å². The molecule has 1 aliphatic rings. The van der Waals surface area contributed by atoms with Gasteiger partial charge in [0, 0.05) is 43.6 Å². The molecule has 8 nitrogen and oxygen atoms in total. The monoisotopic (exact) mass is 341 g/mol. The topological polar surface area (TPSA) is 84.2 Å². The number of nitrogens with zero attached hydrogens (tertiary/aromatic N) is 6. The third kappa shape index (κ3) is 3.27. The van der Waals surface area contributed by atoms with Gasteiger partial charge in [-0.05, 0) is 19.9 Å². The van der Waals surface area contributed by atoms with Gasteiger partial charge < -0.3 is 4.74 Å². The molecule has 0 unspecified atom stereocenters. The predicted octanol–water partition coefficient (Wildman–Crippen LogP) is 1.60. The molecule has 0 bridgehead atoms. The van der Waals surface area contributed by atoms with Crippen molar-refractivity contribution in [2.24, 2.45) is 0 Å². The summed E-state index contributed by atoms with van der Waals surface area (Å²) in [4.78, 5) is 16.0. The fourth-order valence-corrected chi connectivity index (χ4v) is 3.24. The molecule has 0 aliphatic carbocycles. The Kier molecular flexibility index (Phi) is 4.22. The number of morpholine rings is 1. The van der Waals surface area contributed by atoms with E-state index in [1.807, 2.05) is 11.3 Å². The summed E-state index contributed by atoms with van der Waals surface area (Å²) in [6.45, 7) is 9.21. The highest BCUT2D eigenvalue weighted by Crippen LogP contribution is 2.21. The maximum absolute atomic E-state index is 5.86. The van der Waals surface area contributed by atoms with E-state index in [4.69, 9.17) is 4.74 Å². The number of imidazole rings is 1. The van der Waals surface area contributed by atoms with Gasteiger partial charge >= 0.3 is 0 Å². The van der Waals surface area contributed by atoms with E-state index in [2.05, 4.69) is 56.2 Å². The van der Waals surface area contributed by atoms with Crippen LogP contribution in [0.2, 0.25) is 0 Å². The number of rotatable bonds is 4. The molecule has 1 aliphatic heterocycles. The second-order valence-electron chi connectivity index (χ2n) is 6.53. The molecule has 4 rings (SSSR count). The molecule has 25 heavy (non-hydrogen) atoms. The second kappa shape index (κ2) is 6.53. The maximum Gasteiger partial charge on any atom is 0.234 e. The van der Waals surface area contributed by atoms with Crippen LogP contribution in [0.3, 0.4) is 0 Å². The number of hydrogen-bond acceptors (Lipinski definition) is 6. The third-order valence-electron chi connectivity index (χ3n) is 4.52. The molecule has 0 aromatic carbocycles. The van der Waals surface area contributed by atoms with Crippen molar-refractivity contribution in [3.63, 3.8) is 0 Å². The zero-order valence-electron chi connectivity index (χ0n) is 14.9. The smallest absolute Gasteiger partial charge is 0.234 e. The van der Waals surface area contributed by atoms with Gasteiger partial charge in [-0.2, -0.15) is 5.10 Å². The summed E-state index contributed by atoms with van der Waals surface area (Å²) < 4.78 is 7.90. The number of aromatic nitrogens is 6. The van der Waals surface area contributed by atoms with Crippen LogP contribution in [0, 0.1) is 13.8 Å². The Morgan fingerprint density at radius 3 is 2.96 bits per heavy atom. The van der Waals surface area contributed by atoms with Crippen LogP contribution in [0.25, 0.3) is 5.78 Å². The highest BCUT2D eigenvalue weighted by molar-refractivity contribution is 5.34. The van der Waals surface area contributed by atoms with E-state index in [9.17, 15) is 0 Å². The molecule has 0 radical (unpaired) electrons. The van der Waals surface area contributed by atoms with Gasteiger partial charge in [0.2, 0.25) is 5.78 Å². The van der Waals surface area contributed by atoms with Crippen molar-refractivity contribution < 1.29 is 4.74 Å². The van der Waals surface area contributed by atoms with E-state index in [0.717, 1.165) is 60.6 Å². The lowest BCUT2D eigenvalue weighted by Gasteiger charge is -2.30. The molecule has 4 heterocycles. The molecule has 0 amide bonds. The van der Waals surface area contributed by atoms with Gasteiger partial charge in [-0.15, -0.1) is 0 Å². The van der Waals surface area contributed by atoms with Crippen LogP contribution in [-0.2, 0) is 17.7 Å². The standard InChI is InChI=1S/C17H23N7O/c1-4-15-20-16(22-21-15)14-10-23(5-6-25-14)8-13-9-24-12(3)7-11(2)18-17(24)19-13/h7,9,14H,4-6,8,10H2,1-3H3,(H,20,21,22)/t14-/m1/s1. The van der Waals surface area contributed by atoms with E-state index >= 15 is 0 Å². The zero-order chi connectivity index (χ0) is 17.4. The number of H-pyrrole nitrogens is 1. The van der Waals surface area contributed by atoms with Crippen LogP contribution in [0.15, 0.2) is 12.3 Å². The largest absolute Gasteiger partial charge is 0.367 e. The first-order chi connectivity index (χ1) is 12.1. The Morgan fingerprint density at radius 2 is 2.16 bits per heavy atom. The van der Waals surface area contributed by atoms with Crippen molar-refractivity contribution >= 4 is 5.78 Å². The summed E-state index contributed by atoms with van der Waals surface area (Å²) in [6, 6.07) is 2.07. The van der Waals surface area contributed by atoms with E-state index in [1.165, 1.54) is 0 Å². The highest BCUT2D eigenvalue weighted by Gasteiger charge is 2.25. The third-order valence-corrected chi connectivity index (χ3v) is 4.52. The summed E-state index contributed by atoms with van der Waals surface area (Å²) in [5.41, 5.74) is 3.16. The molecule has 3 aromatic heterocycles. The average Bonchev–Trinajstić information content (AvgIpc) is 3.21. The molecular formula is C17H23N7O. The molecule has 8 heteroatoms. The van der Waals surface area contributed by atoms with Crippen LogP contribution in [0.5, 0.6) is 0 Å². The fourth-order valence-electron chi connectivity index (χ4n) is 3.24. The highest BCUT2D eigenvalue weighted by atomic mass is 16.5. The van der Waals surface area contributed by atoms with Gasteiger partial charge in [-0.25, -0.2) is 15.0 Å². The van der Waals surface area contributed by atoms with E-state index in [1.54, 1.807) is 0 Å². The Labute approximate surface area is 146 Å². The summed E-state index contributed by atoms with van der Waals surface area (Å²) in [5.74, 6) is 2.40. The SMILES string of the molecule is CCc1nc([C@H]2CN(Cc3cn4c(C)cc(C)nc4n3)CCO2)n[nH]1. The van der Waals surface area contributed by atoms with Crippen LogP contribution in [0.1, 0.15) is 41.8 Å². The van der Waals surface area contributed by atoms with Crippen LogP contribution in [-0.4, -0.2) is 54.1 Å². The Balaban J connectivity index is 1.49. The lowest BCUT2D eigenvalue weighted by molar-refractivity contribution is -0.0373. The van der Waals surface area contributed by atoms with Crippen molar-refractivity contribution in [1.82, 2.24) is 34.4 Å². The molecular weight excluding hydrogens is 318 g/mol. The van der Waals surface area contributed by atoms with E-state index in [-0.39, 0.29) is 6.10 Å². The fraction of sp³-hybridized carbons (Fsp3) is 0.529. The van der Waals surface area contributed by atoms with Gasteiger partial charge in [0.1, 0.15) is 11.9 Å². The number of ether oxygens (including phenoxy) is 1. The summed E-state index contributed by atoms with van der Waals surface area (Å²) in [6.07, 6.45) is 2.82. The van der Waals surface area contributed by atoms with E-state index < -0.39 is 0 Å². The Bertz CT molecular complexity index is 884. The summed E-state index contributed by atoms with van der Waals surface area (Å²) >= 11 is 0. The summed E-state index contributed by atoms with van der Waals surface area (Å²) in [7, 11) is 0. The zero-order valence-corrected chi connectivity index (χ0v) is 14.9. The minimum absolute atomic E-state index is 0.0931. The second-order valence-corrected chi connectivity index (χ2v) is 6.53. The molecule has 1 atom stereocenters.